The van der Waals surface area contributed by atoms with E-state index in [0.29, 0.717) is 0 Å². The van der Waals surface area contributed by atoms with Gasteiger partial charge in [-0.3, -0.25) is 0 Å². The molecule has 1 N–H and O–H groups in total. The van der Waals surface area contributed by atoms with Crippen LogP contribution in [0.25, 0.3) is 0 Å². The topological polar surface area (TPSA) is 64.9 Å². The maximum atomic E-state index is 5.66. The Labute approximate surface area is 95.4 Å². The van der Waals surface area contributed by atoms with Gasteiger partial charge in [-0.25, -0.2) is 0 Å². The lowest BCUT2D eigenvalue weighted by molar-refractivity contribution is -0.0970. The zero-order valence-corrected chi connectivity index (χ0v) is 10.1. The maximum Gasteiger partial charge on any atom is 0.176 e. The summed E-state index contributed by atoms with van der Waals surface area (Å²) in [5.41, 5.74) is -0.0338. The van der Waals surface area contributed by atoms with Crippen LogP contribution in [0.2, 0.25) is 0 Å². The summed E-state index contributed by atoms with van der Waals surface area (Å²) >= 11 is 0. The first-order chi connectivity index (χ1) is 7.70. The molecule has 1 aromatic heterocycles. The van der Waals surface area contributed by atoms with Crippen LogP contribution in [0.15, 0.2) is 0 Å². The van der Waals surface area contributed by atoms with Crippen LogP contribution in [0.3, 0.4) is 0 Å². The molecule has 1 atom stereocenters. The molecule has 90 valence electrons. The number of ether oxygens (including phenoxy) is 1. The number of hydrogen-bond acceptors (Lipinski definition) is 5. The third kappa shape index (κ3) is 1.94. The van der Waals surface area contributed by atoms with Gasteiger partial charge in [-0.1, -0.05) is 0 Å². The Hall–Kier alpha value is -1.01. The molecule has 6 heteroatoms. The zero-order chi connectivity index (χ0) is 11.6. The molecule has 0 bridgehead atoms. The molecule has 0 spiro atoms. The smallest absolute Gasteiger partial charge is 0.176 e. The van der Waals surface area contributed by atoms with Crippen molar-refractivity contribution >= 4 is 0 Å². The van der Waals surface area contributed by atoms with E-state index in [2.05, 4.69) is 20.7 Å². The number of tetrazole rings is 1. The van der Waals surface area contributed by atoms with Gasteiger partial charge in [0.1, 0.15) is 0 Å². The van der Waals surface area contributed by atoms with Gasteiger partial charge < -0.3 is 10.1 Å². The number of methoxy groups -OCH3 is 1. The summed E-state index contributed by atoms with van der Waals surface area (Å²) in [6, 6.07) is 0.260. The number of nitrogens with zero attached hydrogens (tertiary/aromatic N) is 4. The Morgan fingerprint density at radius 1 is 1.56 bits per heavy atom. The minimum Gasteiger partial charge on any atom is -0.377 e. The highest BCUT2D eigenvalue weighted by atomic mass is 16.5. The Morgan fingerprint density at radius 3 is 2.69 bits per heavy atom. The summed E-state index contributed by atoms with van der Waals surface area (Å²) in [5, 5.41) is 15.4. The first-order valence-electron chi connectivity index (χ1n) is 5.65. The molecule has 0 amide bonds. The number of aryl methyl sites for hydroxylation is 1. The average Bonchev–Trinajstić information content (AvgIpc) is 2.61. The Kier molecular flexibility index (Phi) is 3.20. The van der Waals surface area contributed by atoms with Crippen LogP contribution < -0.4 is 5.32 Å². The SMILES string of the molecule is CNC(Cc1nnn(C)n1)C1(OC)CCC1. The molecular weight excluding hydrogens is 206 g/mol. The molecule has 0 radical (unpaired) electrons. The number of likely N-dealkylation sites (N-methyl/N-ethyl adjacent to an activating group) is 1. The first-order valence-corrected chi connectivity index (χ1v) is 5.65. The quantitative estimate of drug-likeness (QED) is 0.758. The van der Waals surface area contributed by atoms with E-state index in [1.54, 1.807) is 14.2 Å². The van der Waals surface area contributed by atoms with Gasteiger partial charge in [0.05, 0.1) is 12.6 Å². The molecule has 6 nitrogen and oxygen atoms in total. The molecule has 0 saturated heterocycles. The fourth-order valence-corrected chi connectivity index (χ4v) is 2.36. The lowest BCUT2D eigenvalue weighted by Crippen LogP contribution is -2.56. The van der Waals surface area contributed by atoms with Gasteiger partial charge in [0.2, 0.25) is 0 Å². The molecule has 1 aliphatic rings. The average molecular weight is 225 g/mol. The monoisotopic (exact) mass is 225 g/mol. The molecule has 1 fully saturated rings. The molecule has 1 saturated carbocycles. The molecule has 2 rings (SSSR count). The maximum absolute atomic E-state index is 5.66. The molecule has 16 heavy (non-hydrogen) atoms. The third-order valence-electron chi connectivity index (χ3n) is 3.53. The van der Waals surface area contributed by atoms with E-state index in [1.807, 2.05) is 7.05 Å². The third-order valence-corrected chi connectivity index (χ3v) is 3.53. The van der Waals surface area contributed by atoms with Gasteiger partial charge in [-0.05, 0) is 31.5 Å². The van der Waals surface area contributed by atoms with Crippen LogP contribution in [-0.2, 0) is 18.2 Å². The van der Waals surface area contributed by atoms with E-state index >= 15 is 0 Å². The molecule has 1 heterocycles. The largest absolute Gasteiger partial charge is 0.377 e. The second-order valence-corrected chi connectivity index (χ2v) is 4.36. The zero-order valence-electron chi connectivity index (χ0n) is 10.1. The Balaban J connectivity index is 2.05. The number of nitrogens with one attached hydrogen (secondary N) is 1. The summed E-state index contributed by atoms with van der Waals surface area (Å²) in [6.45, 7) is 0. The normalized spacial score (nSPS) is 20.4. The van der Waals surface area contributed by atoms with Crippen LogP contribution in [0.4, 0.5) is 0 Å². The van der Waals surface area contributed by atoms with Crippen molar-refractivity contribution in [1.82, 2.24) is 25.5 Å². The van der Waals surface area contributed by atoms with Crippen LogP contribution in [0, 0.1) is 0 Å². The summed E-state index contributed by atoms with van der Waals surface area (Å²) < 4.78 is 5.66. The van der Waals surface area contributed by atoms with Crippen molar-refractivity contribution in [2.75, 3.05) is 14.2 Å². The number of rotatable bonds is 5. The summed E-state index contributed by atoms with van der Waals surface area (Å²) in [7, 11) is 5.52. The highest BCUT2D eigenvalue weighted by molar-refractivity contribution is 5.02. The van der Waals surface area contributed by atoms with Crippen molar-refractivity contribution in [2.24, 2.45) is 7.05 Å². The first kappa shape index (κ1) is 11.5. The molecule has 0 aromatic carbocycles. The predicted molar refractivity (Wildman–Crippen MR) is 58.9 cm³/mol. The fraction of sp³-hybridized carbons (Fsp3) is 0.900. The lowest BCUT2D eigenvalue weighted by atomic mass is 9.73. The summed E-state index contributed by atoms with van der Waals surface area (Å²) in [4.78, 5) is 1.49. The molecule has 1 aromatic rings. The van der Waals surface area contributed by atoms with Crippen molar-refractivity contribution in [1.29, 1.82) is 0 Å². The van der Waals surface area contributed by atoms with Crippen LogP contribution in [0.5, 0.6) is 0 Å². The molecule has 1 unspecified atom stereocenters. The van der Waals surface area contributed by atoms with Crippen LogP contribution in [0.1, 0.15) is 25.1 Å². The van der Waals surface area contributed by atoms with Gasteiger partial charge in [0.25, 0.3) is 0 Å². The van der Waals surface area contributed by atoms with Gasteiger partial charge in [0, 0.05) is 19.6 Å². The van der Waals surface area contributed by atoms with Crippen molar-refractivity contribution in [2.45, 2.75) is 37.3 Å². The van der Waals surface area contributed by atoms with Gasteiger partial charge >= 0.3 is 0 Å². The molecular formula is C10H19N5O. The van der Waals surface area contributed by atoms with E-state index < -0.39 is 0 Å². The summed E-state index contributed by atoms with van der Waals surface area (Å²) in [6.07, 6.45) is 4.21. The van der Waals surface area contributed by atoms with E-state index in [-0.39, 0.29) is 11.6 Å². The Bertz CT molecular complexity index is 341. The van der Waals surface area contributed by atoms with E-state index in [4.69, 9.17) is 4.74 Å². The molecule has 0 aliphatic heterocycles. The van der Waals surface area contributed by atoms with E-state index in [9.17, 15) is 0 Å². The second-order valence-electron chi connectivity index (χ2n) is 4.36. The van der Waals surface area contributed by atoms with Crippen molar-refractivity contribution in [3.05, 3.63) is 5.82 Å². The standard InChI is InChI=1S/C10H19N5O/c1-11-8(10(16-3)5-4-6-10)7-9-12-14-15(2)13-9/h8,11H,4-7H2,1-3H3. The van der Waals surface area contributed by atoms with Crippen LogP contribution in [-0.4, -0.2) is 46.0 Å². The fourth-order valence-electron chi connectivity index (χ4n) is 2.36. The van der Waals surface area contributed by atoms with Crippen molar-refractivity contribution in [3.8, 4) is 0 Å². The van der Waals surface area contributed by atoms with Crippen molar-refractivity contribution in [3.63, 3.8) is 0 Å². The minimum absolute atomic E-state index is 0.0338. The highest BCUT2D eigenvalue weighted by Crippen LogP contribution is 2.38. The van der Waals surface area contributed by atoms with E-state index in [1.165, 1.54) is 11.2 Å². The van der Waals surface area contributed by atoms with E-state index in [0.717, 1.165) is 25.1 Å². The number of hydrogen-bond donors (Lipinski definition) is 1. The Morgan fingerprint density at radius 2 is 2.31 bits per heavy atom. The number of aromatic nitrogens is 4. The van der Waals surface area contributed by atoms with Gasteiger partial charge in [-0.2, -0.15) is 4.80 Å². The second kappa shape index (κ2) is 4.47. The highest BCUT2D eigenvalue weighted by Gasteiger charge is 2.44. The lowest BCUT2D eigenvalue weighted by Gasteiger charge is -2.46. The predicted octanol–water partition coefficient (Wildman–Crippen LogP) is -0.0903. The molecule has 1 aliphatic carbocycles. The van der Waals surface area contributed by atoms with Gasteiger partial charge in [-0.15, -0.1) is 10.2 Å². The van der Waals surface area contributed by atoms with Crippen molar-refractivity contribution < 1.29 is 4.74 Å². The minimum atomic E-state index is -0.0338. The van der Waals surface area contributed by atoms with Crippen LogP contribution >= 0.6 is 0 Å². The summed E-state index contributed by atoms with van der Waals surface area (Å²) in [5.74, 6) is 0.769. The van der Waals surface area contributed by atoms with Gasteiger partial charge in [0.15, 0.2) is 5.82 Å².